The van der Waals surface area contributed by atoms with E-state index in [1.54, 1.807) is 6.92 Å². The van der Waals surface area contributed by atoms with Gasteiger partial charge in [-0.05, 0) is 6.92 Å². The van der Waals surface area contributed by atoms with Crippen molar-refractivity contribution in [2.75, 3.05) is 6.61 Å². The molecule has 0 saturated carbocycles. The molecule has 0 amide bonds. The maximum absolute atomic E-state index is 10.0. The third kappa shape index (κ3) is 1.81. The van der Waals surface area contributed by atoms with Crippen molar-refractivity contribution in [3.05, 3.63) is 0 Å². The summed E-state index contributed by atoms with van der Waals surface area (Å²) in [7, 11) is 0. The topological polar surface area (TPSA) is 35.5 Å². The molecule has 0 aromatic carbocycles. The van der Waals surface area contributed by atoms with Gasteiger partial charge in [0.2, 0.25) is 0 Å². The fraction of sp³-hybridized carbons (Fsp3) is 0.750. The predicted octanol–water partition coefficient (Wildman–Crippen LogP) is 0.539. The van der Waals surface area contributed by atoms with Gasteiger partial charge in [-0.25, -0.2) is 4.79 Å². The van der Waals surface area contributed by atoms with Crippen LogP contribution >= 0.6 is 0 Å². The van der Waals surface area contributed by atoms with E-state index in [0.717, 1.165) is 0 Å². The smallest absolute Gasteiger partial charge is 0.430 e. The van der Waals surface area contributed by atoms with Gasteiger partial charge in [0.15, 0.2) is 0 Å². The van der Waals surface area contributed by atoms with Crippen molar-refractivity contribution in [1.29, 1.82) is 0 Å². The summed E-state index contributed by atoms with van der Waals surface area (Å²) in [6.45, 7) is 2.18. The van der Waals surface area contributed by atoms with E-state index in [-0.39, 0.29) is 26.5 Å². The first kappa shape index (κ1) is 7.93. The minimum absolute atomic E-state index is 0. The Labute approximate surface area is 61.0 Å². The van der Waals surface area contributed by atoms with E-state index in [1.165, 1.54) is 0 Å². The maximum Gasteiger partial charge on any atom is 0.508 e. The molecule has 1 atom stereocenters. The first-order chi connectivity index (χ1) is 3.29. The van der Waals surface area contributed by atoms with Gasteiger partial charge in [-0.1, -0.05) is 0 Å². The molecule has 0 aromatic heterocycles. The molecule has 0 aromatic rings. The molecule has 1 saturated heterocycles. The monoisotopic (exact) mass is 208 g/mol. The Morgan fingerprint density at radius 2 is 2.38 bits per heavy atom. The Balaban J connectivity index is 0.000000490. The molecule has 0 aliphatic carbocycles. The minimum atomic E-state index is -0.549. The van der Waals surface area contributed by atoms with E-state index < -0.39 is 6.16 Å². The Bertz CT molecular complexity index is 93.3. The fourth-order valence-electron chi connectivity index (χ4n) is 0.418. The predicted molar refractivity (Wildman–Crippen MR) is 21.9 cm³/mol. The summed E-state index contributed by atoms with van der Waals surface area (Å²) < 4.78 is 8.90. The van der Waals surface area contributed by atoms with Gasteiger partial charge in [0.25, 0.3) is 0 Å². The van der Waals surface area contributed by atoms with Gasteiger partial charge in [0, 0.05) is 20.4 Å². The number of carbonyl (C=O) groups is 1. The third-order valence-electron chi connectivity index (χ3n) is 0.733. The van der Waals surface area contributed by atoms with Crippen LogP contribution < -0.4 is 0 Å². The molecule has 0 radical (unpaired) electrons. The second kappa shape index (κ2) is 3.06. The van der Waals surface area contributed by atoms with Gasteiger partial charge >= 0.3 is 6.16 Å². The molecule has 0 N–H and O–H groups in total. The van der Waals surface area contributed by atoms with Crippen LogP contribution in [0.25, 0.3) is 0 Å². The minimum Gasteiger partial charge on any atom is -0.430 e. The van der Waals surface area contributed by atoms with E-state index in [2.05, 4.69) is 9.47 Å². The molecular formula is C4H6O3Pd. The second-order valence-corrected chi connectivity index (χ2v) is 1.49. The van der Waals surface area contributed by atoms with Gasteiger partial charge in [-0.15, -0.1) is 0 Å². The summed E-state index contributed by atoms with van der Waals surface area (Å²) in [5.41, 5.74) is 0. The molecule has 0 spiro atoms. The van der Waals surface area contributed by atoms with Crippen LogP contribution in [0.2, 0.25) is 0 Å². The first-order valence-corrected chi connectivity index (χ1v) is 2.12. The van der Waals surface area contributed by atoms with E-state index in [0.29, 0.717) is 6.61 Å². The fourth-order valence-corrected chi connectivity index (χ4v) is 0.418. The molecule has 1 fully saturated rings. The van der Waals surface area contributed by atoms with Crippen LogP contribution in [-0.4, -0.2) is 18.9 Å². The summed E-state index contributed by atoms with van der Waals surface area (Å²) in [5.74, 6) is 0. The normalized spacial score (nSPS) is 25.6. The Kier molecular flexibility index (Phi) is 3.03. The molecule has 1 aliphatic heterocycles. The van der Waals surface area contributed by atoms with Crippen LogP contribution in [-0.2, 0) is 29.9 Å². The number of cyclic esters (lactones) is 2. The maximum atomic E-state index is 10.0. The Hall–Kier alpha value is -0.0677. The standard InChI is InChI=1S/C4H6O3.Pd/c1-3-2-6-4(5)7-3;/h3H,2H2,1H3;. The van der Waals surface area contributed by atoms with Crippen LogP contribution in [0.4, 0.5) is 4.79 Å². The van der Waals surface area contributed by atoms with Crippen LogP contribution in [0.3, 0.4) is 0 Å². The Morgan fingerprint density at radius 3 is 2.50 bits per heavy atom. The van der Waals surface area contributed by atoms with Crippen LogP contribution in [0, 0.1) is 0 Å². The number of rotatable bonds is 0. The van der Waals surface area contributed by atoms with Crippen molar-refractivity contribution in [3.63, 3.8) is 0 Å². The average molecular weight is 209 g/mol. The van der Waals surface area contributed by atoms with Crippen molar-refractivity contribution in [2.24, 2.45) is 0 Å². The molecule has 1 aliphatic rings. The first-order valence-electron chi connectivity index (χ1n) is 2.12. The van der Waals surface area contributed by atoms with Crippen LogP contribution in [0.1, 0.15) is 6.92 Å². The molecular weight excluding hydrogens is 202 g/mol. The zero-order valence-electron chi connectivity index (χ0n) is 4.33. The average Bonchev–Trinajstić information content (AvgIpc) is 1.87. The van der Waals surface area contributed by atoms with Crippen molar-refractivity contribution in [3.8, 4) is 0 Å². The van der Waals surface area contributed by atoms with Gasteiger partial charge in [0.1, 0.15) is 12.7 Å². The summed E-state index contributed by atoms with van der Waals surface area (Å²) in [6.07, 6.45) is -0.597. The molecule has 4 heteroatoms. The quantitative estimate of drug-likeness (QED) is 0.431. The largest absolute Gasteiger partial charge is 0.508 e. The van der Waals surface area contributed by atoms with Gasteiger partial charge in [-0.2, -0.15) is 0 Å². The third-order valence-corrected chi connectivity index (χ3v) is 0.733. The number of carbonyl (C=O) groups excluding carboxylic acids is 1. The zero-order valence-corrected chi connectivity index (χ0v) is 5.88. The van der Waals surface area contributed by atoms with E-state index in [4.69, 9.17) is 0 Å². The summed E-state index contributed by atoms with van der Waals surface area (Å²) in [5, 5.41) is 0. The number of hydrogen-bond donors (Lipinski definition) is 0. The molecule has 3 nitrogen and oxygen atoms in total. The molecule has 8 heavy (non-hydrogen) atoms. The van der Waals surface area contributed by atoms with Gasteiger partial charge in [0.05, 0.1) is 0 Å². The van der Waals surface area contributed by atoms with E-state index >= 15 is 0 Å². The molecule has 50 valence electrons. The molecule has 1 rings (SSSR count). The van der Waals surface area contributed by atoms with E-state index in [9.17, 15) is 4.79 Å². The summed E-state index contributed by atoms with van der Waals surface area (Å²) >= 11 is 0. The molecule has 0 bridgehead atoms. The SMILES string of the molecule is CC1COC(=O)O1.[Pd]. The summed E-state index contributed by atoms with van der Waals surface area (Å²) in [4.78, 5) is 10.0. The second-order valence-electron chi connectivity index (χ2n) is 1.49. The van der Waals surface area contributed by atoms with Crippen LogP contribution in [0.15, 0.2) is 0 Å². The van der Waals surface area contributed by atoms with Crippen molar-refractivity contribution < 1.29 is 34.7 Å². The van der Waals surface area contributed by atoms with Crippen LogP contribution in [0.5, 0.6) is 0 Å². The van der Waals surface area contributed by atoms with Gasteiger partial charge < -0.3 is 9.47 Å². The van der Waals surface area contributed by atoms with Gasteiger partial charge in [-0.3, -0.25) is 0 Å². The number of ether oxygens (including phenoxy) is 2. The van der Waals surface area contributed by atoms with E-state index in [1.807, 2.05) is 0 Å². The molecule has 1 heterocycles. The molecule has 1 unspecified atom stereocenters. The van der Waals surface area contributed by atoms with Crippen molar-refractivity contribution in [2.45, 2.75) is 13.0 Å². The zero-order chi connectivity index (χ0) is 5.28. The van der Waals surface area contributed by atoms with Crippen molar-refractivity contribution >= 4 is 6.16 Å². The van der Waals surface area contributed by atoms with Crippen molar-refractivity contribution in [1.82, 2.24) is 0 Å². The Morgan fingerprint density at radius 1 is 1.75 bits per heavy atom. The number of hydrogen-bond acceptors (Lipinski definition) is 3. The summed E-state index contributed by atoms with van der Waals surface area (Å²) in [6, 6.07) is 0.